The maximum atomic E-state index is 13.4. The van der Waals surface area contributed by atoms with Crippen molar-refractivity contribution in [3.63, 3.8) is 0 Å². The Bertz CT molecular complexity index is 1210. The van der Waals surface area contributed by atoms with E-state index >= 15 is 0 Å². The summed E-state index contributed by atoms with van der Waals surface area (Å²) in [6, 6.07) is 14.2. The van der Waals surface area contributed by atoms with Crippen LogP contribution in [0.1, 0.15) is 59.4 Å². The van der Waals surface area contributed by atoms with Gasteiger partial charge in [-0.05, 0) is 30.7 Å². The number of hydrogen-bond donors (Lipinski definition) is 0. The molecule has 2 aromatic carbocycles. The minimum absolute atomic E-state index is 0.164. The molecule has 3 aromatic rings. The van der Waals surface area contributed by atoms with E-state index in [-0.39, 0.29) is 25.7 Å². The lowest BCUT2D eigenvalue weighted by Gasteiger charge is -2.35. The van der Waals surface area contributed by atoms with Crippen LogP contribution < -0.4 is 4.74 Å². The topological polar surface area (TPSA) is 78.0 Å². The van der Waals surface area contributed by atoms with Crippen molar-refractivity contribution in [2.45, 2.75) is 45.8 Å². The lowest BCUT2D eigenvalue weighted by molar-refractivity contribution is -0.145. The summed E-state index contributed by atoms with van der Waals surface area (Å²) >= 11 is 7.98. The van der Waals surface area contributed by atoms with E-state index < -0.39 is 18.1 Å². The molecule has 7 nitrogen and oxygen atoms in total. The molecule has 1 aromatic heterocycles. The summed E-state index contributed by atoms with van der Waals surface area (Å²) in [6.45, 7) is 6.54. The molecule has 36 heavy (non-hydrogen) atoms. The van der Waals surface area contributed by atoms with Crippen molar-refractivity contribution < 1.29 is 23.8 Å². The summed E-state index contributed by atoms with van der Waals surface area (Å²) < 4.78 is 16.6. The summed E-state index contributed by atoms with van der Waals surface area (Å²) in [5.41, 5.74) is 2.53. The Balaban J connectivity index is 1.70. The van der Waals surface area contributed by atoms with E-state index in [1.54, 1.807) is 41.4 Å². The number of aromatic nitrogens is 1. The molecule has 0 bridgehead atoms. The van der Waals surface area contributed by atoms with Crippen molar-refractivity contribution in [1.29, 1.82) is 0 Å². The van der Waals surface area contributed by atoms with Crippen molar-refractivity contribution in [3.8, 4) is 5.75 Å². The number of rotatable bonds is 8. The van der Waals surface area contributed by atoms with Gasteiger partial charge in [0.05, 0.1) is 22.2 Å². The van der Waals surface area contributed by atoms with Crippen LogP contribution in [0.25, 0.3) is 0 Å². The molecule has 0 saturated heterocycles. The summed E-state index contributed by atoms with van der Waals surface area (Å²) in [5.74, 6) is 0.228. The molecule has 0 saturated carbocycles. The highest BCUT2D eigenvalue weighted by Gasteiger charge is 2.38. The van der Waals surface area contributed by atoms with Crippen LogP contribution in [0.4, 0.5) is 4.79 Å². The van der Waals surface area contributed by atoms with E-state index in [1.165, 1.54) is 0 Å². The maximum Gasteiger partial charge on any atom is 0.410 e. The van der Waals surface area contributed by atoms with Crippen molar-refractivity contribution in [1.82, 2.24) is 9.88 Å². The van der Waals surface area contributed by atoms with Crippen molar-refractivity contribution >= 4 is 35.0 Å². The van der Waals surface area contributed by atoms with E-state index in [0.29, 0.717) is 29.3 Å². The van der Waals surface area contributed by atoms with Gasteiger partial charge in [-0.2, -0.15) is 0 Å². The third kappa shape index (κ3) is 5.99. The van der Waals surface area contributed by atoms with Gasteiger partial charge < -0.3 is 14.2 Å². The van der Waals surface area contributed by atoms with Crippen LogP contribution in [0.15, 0.2) is 48.5 Å². The molecule has 0 spiro atoms. The Morgan fingerprint density at radius 3 is 2.67 bits per heavy atom. The molecule has 1 unspecified atom stereocenters. The largest absolute Gasteiger partial charge is 0.482 e. The number of amides is 1. The van der Waals surface area contributed by atoms with Gasteiger partial charge in [0.2, 0.25) is 0 Å². The zero-order chi connectivity index (χ0) is 25.7. The fourth-order valence-electron chi connectivity index (χ4n) is 4.03. The Morgan fingerprint density at radius 2 is 1.94 bits per heavy atom. The number of hydrogen-bond acceptors (Lipinski definition) is 7. The molecule has 1 aliphatic heterocycles. The Kier molecular flexibility index (Phi) is 8.48. The van der Waals surface area contributed by atoms with Gasteiger partial charge in [0.1, 0.15) is 18.4 Å². The van der Waals surface area contributed by atoms with Gasteiger partial charge >= 0.3 is 12.1 Å². The Hall–Kier alpha value is -3.10. The number of carbonyl (C=O) groups is 2. The van der Waals surface area contributed by atoms with Crippen LogP contribution in [-0.4, -0.2) is 41.7 Å². The molecule has 1 atom stereocenters. The molecule has 1 amide bonds. The highest BCUT2D eigenvalue weighted by atomic mass is 35.5. The molecule has 0 N–H and O–H groups in total. The van der Waals surface area contributed by atoms with Crippen LogP contribution in [0.5, 0.6) is 5.75 Å². The number of carbonyl (C=O) groups excluding carboxylic acids is 2. The predicted molar refractivity (Wildman–Crippen MR) is 139 cm³/mol. The Morgan fingerprint density at radius 1 is 1.17 bits per heavy atom. The second kappa shape index (κ2) is 11.8. The number of thiazole rings is 1. The molecule has 0 fully saturated rings. The number of ether oxygens (including phenoxy) is 3. The third-order valence-corrected chi connectivity index (χ3v) is 7.43. The lowest BCUT2D eigenvalue weighted by Crippen LogP contribution is -2.40. The van der Waals surface area contributed by atoms with E-state index in [2.05, 4.69) is 13.8 Å². The zero-order valence-corrected chi connectivity index (χ0v) is 22.1. The maximum absolute atomic E-state index is 13.4. The lowest BCUT2D eigenvalue weighted by atomic mass is 9.97. The van der Waals surface area contributed by atoms with Crippen molar-refractivity contribution in [2.24, 2.45) is 0 Å². The molecular weight excluding hydrogens is 500 g/mol. The highest BCUT2D eigenvalue weighted by Crippen LogP contribution is 2.44. The fraction of sp³-hybridized carbons (Fsp3) is 0.370. The Labute approximate surface area is 220 Å². The van der Waals surface area contributed by atoms with Gasteiger partial charge in [-0.25, -0.2) is 14.6 Å². The molecule has 9 heteroatoms. The number of benzene rings is 2. The van der Waals surface area contributed by atoms with E-state index in [9.17, 15) is 9.59 Å². The molecular formula is C27H29ClN2O5S. The minimum Gasteiger partial charge on any atom is -0.482 e. The average Bonchev–Trinajstić information content (AvgIpc) is 3.32. The second-order valence-corrected chi connectivity index (χ2v) is 10.2. The summed E-state index contributed by atoms with van der Waals surface area (Å²) in [7, 11) is 0. The summed E-state index contributed by atoms with van der Waals surface area (Å²) in [6.07, 6.45) is 0.181. The highest BCUT2D eigenvalue weighted by molar-refractivity contribution is 7.12. The van der Waals surface area contributed by atoms with Crippen LogP contribution in [0.2, 0.25) is 5.02 Å². The smallest absolute Gasteiger partial charge is 0.410 e. The zero-order valence-electron chi connectivity index (χ0n) is 20.5. The number of esters is 1. The molecule has 1 aliphatic rings. The first-order valence-electron chi connectivity index (χ1n) is 11.9. The van der Waals surface area contributed by atoms with Crippen molar-refractivity contribution in [3.05, 3.63) is 80.3 Å². The third-order valence-electron chi connectivity index (χ3n) is 5.74. The van der Waals surface area contributed by atoms with E-state index in [1.807, 2.05) is 30.3 Å². The van der Waals surface area contributed by atoms with Gasteiger partial charge in [-0.1, -0.05) is 55.8 Å². The van der Waals surface area contributed by atoms with Crippen LogP contribution >= 0.6 is 22.9 Å². The van der Waals surface area contributed by atoms with E-state index in [0.717, 1.165) is 21.1 Å². The average molecular weight is 529 g/mol. The predicted octanol–water partition coefficient (Wildman–Crippen LogP) is 6.15. The monoisotopic (exact) mass is 528 g/mol. The summed E-state index contributed by atoms with van der Waals surface area (Å²) in [5, 5.41) is 1.49. The van der Waals surface area contributed by atoms with Gasteiger partial charge in [0.25, 0.3) is 0 Å². The number of fused-ring (bicyclic) bond motifs is 1. The van der Waals surface area contributed by atoms with Gasteiger partial charge in [0.15, 0.2) is 6.61 Å². The van der Waals surface area contributed by atoms with Crippen LogP contribution in [0.3, 0.4) is 0 Å². The SMILES string of the molecule is CCOC(=O)COc1ccc(Cl)cc1C1c2sc(C(C)C)nc2CCN1C(=O)OCc1ccccc1. The van der Waals surface area contributed by atoms with Crippen LogP contribution in [0, 0.1) is 0 Å². The van der Waals surface area contributed by atoms with Crippen LogP contribution in [-0.2, 0) is 27.3 Å². The first-order chi connectivity index (χ1) is 17.4. The van der Waals surface area contributed by atoms with E-state index in [4.69, 9.17) is 30.8 Å². The van der Waals surface area contributed by atoms with Gasteiger partial charge in [-0.15, -0.1) is 11.3 Å². The molecule has 0 aliphatic carbocycles. The number of halogens is 1. The van der Waals surface area contributed by atoms with Crippen molar-refractivity contribution in [2.75, 3.05) is 19.8 Å². The van der Waals surface area contributed by atoms with Gasteiger partial charge in [-0.3, -0.25) is 4.90 Å². The standard InChI is InChI=1S/C27H29ClN2O5S/c1-4-33-23(31)16-34-22-11-10-19(28)14-20(22)24-25-21(29-26(36-25)17(2)3)12-13-30(24)27(32)35-15-18-8-6-5-7-9-18/h5-11,14,17,24H,4,12-13,15-16H2,1-3H3. The molecule has 0 radical (unpaired) electrons. The normalized spacial score (nSPS) is 14.9. The molecule has 190 valence electrons. The first kappa shape index (κ1) is 26.0. The first-order valence-corrected chi connectivity index (χ1v) is 13.1. The molecule has 4 rings (SSSR count). The summed E-state index contributed by atoms with van der Waals surface area (Å²) in [4.78, 5) is 32.9. The second-order valence-electron chi connectivity index (χ2n) is 8.68. The number of nitrogens with zero attached hydrogens (tertiary/aromatic N) is 2. The fourth-order valence-corrected chi connectivity index (χ4v) is 5.46. The molecule has 2 heterocycles. The van der Waals surface area contributed by atoms with Gasteiger partial charge in [0, 0.05) is 29.5 Å². The quantitative estimate of drug-likeness (QED) is 0.326. The minimum atomic E-state index is -0.516.